The maximum absolute atomic E-state index is 11.0. The molecule has 5 heteroatoms. The first-order valence-electron chi connectivity index (χ1n) is 4.83. The third-order valence-electron chi connectivity index (χ3n) is 2.30. The first kappa shape index (κ1) is 9.79. The Labute approximate surface area is 87.6 Å². The van der Waals surface area contributed by atoms with Gasteiger partial charge in [-0.2, -0.15) is 0 Å². The second-order valence-electron chi connectivity index (χ2n) is 3.37. The highest BCUT2D eigenvalue weighted by molar-refractivity contribution is 5.88. The molecule has 4 N–H and O–H groups in total. The number of hydrazine groups is 1. The van der Waals surface area contributed by atoms with E-state index in [1.54, 1.807) is 6.07 Å². The van der Waals surface area contributed by atoms with Crippen molar-refractivity contribution in [3.8, 4) is 5.75 Å². The van der Waals surface area contributed by atoms with Crippen molar-refractivity contribution < 1.29 is 9.53 Å². The molecule has 80 valence electrons. The van der Waals surface area contributed by atoms with E-state index in [0.29, 0.717) is 0 Å². The van der Waals surface area contributed by atoms with Crippen LogP contribution in [0.5, 0.6) is 5.75 Å². The molecular weight excluding hydrogens is 194 g/mol. The Morgan fingerprint density at radius 2 is 2.33 bits per heavy atom. The first-order chi connectivity index (χ1) is 7.29. The van der Waals surface area contributed by atoms with Gasteiger partial charge in [0.2, 0.25) is 0 Å². The Morgan fingerprint density at radius 3 is 3.13 bits per heavy atom. The van der Waals surface area contributed by atoms with E-state index in [4.69, 9.17) is 10.6 Å². The number of carbonyl (C=O) groups excluding carboxylic acids is 1. The smallest absolute Gasteiger partial charge is 0.333 e. The highest BCUT2D eigenvalue weighted by Crippen LogP contribution is 2.27. The summed E-state index contributed by atoms with van der Waals surface area (Å²) < 4.78 is 5.46. The molecule has 0 aliphatic carbocycles. The zero-order chi connectivity index (χ0) is 10.7. The van der Waals surface area contributed by atoms with Crippen molar-refractivity contribution in [1.29, 1.82) is 0 Å². The minimum Gasteiger partial charge on any atom is -0.493 e. The van der Waals surface area contributed by atoms with Gasteiger partial charge in [-0.25, -0.2) is 10.6 Å². The minimum atomic E-state index is -0.424. The summed E-state index contributed by atoms with van der Waals surface area (Å²) in [5, 5.41) is 2.61. The second-order valence-corrected chi connectivity index (χ2v) is 3.37. The maximum atomic E-state index is 11.0. The lowest BCUT2D eigenvalue weighted by atomic mass is 10.1. The summed E-state index contributed by atoms with van der Waals surface area (Å²) in [5.41, 5.74) is 3.86. The number of anilines is 1. The van der Waals surface area contributed by atoms with E-state index in [1.165, 1.54) is 0 Å². The van der Waals surface area contributed by atoms with E-state index in [-0.39, 0.29) is 0 Å². The number of rotatable bonds is 1. The van der Waals surface area contributed by atoms with Crippen molar-refractivity contribution >= 4 is 11.7 Å². The van der Waals surface area contributed by atoms with Crippen molar-refractivity contribution in [3.05, 3.63) is 23.8 Å². The highest BCUT2D eigenvalue weighted by Gasteiger charge is 2.10. The van der Waals surface area contributed by atoms with Crippen molar-refractivity contribution in [3.63, 3.8) is 0 Å². The van der Waals surface area contributed by atoms with Gasteiger partial charge < -0.3 is 10.1 Å². The van der Waals surface area contributed by atoms with Crippen LogP contribution in [0, 0.1) is 0 Å². The number of nitrogens with one attached hydrogen (secondary N) is 2. The molecule has 5 nitrogen and oxygen atoms in total. The number of nitrogens with two attached hydrogens (primary N) is 1. The summed E-state index contributed by atoms with van der Waals surface area (Å²) in [4.78, 5) is 11.0. The van der Waals surface area contributed by atoms with Crippen LogP contribution in [0.25, 0.3) is 0 Å². The molecular formula is C10H13N3O2. The van der Waals surface area contributed by atoms with Crippen LogP contribution in [0.15, 0.2) is 18.2 Å². The van der Waals surface area contributed by atoms with Crippen LogP contribution in [0.4, 0.5) is 10.5 Å². The van der Waals surface area contributed by atoms with Gasteiger partial charge in [0.15, 0.2) is 0 Å². The molecule has 1 aromatic rings. The summed E-state index contributed by atoms with van der Waals surface area (Å²) in [6.45, 7) is 0.767. The lowest BCUT2D eigenvalue weighted by Crippen LogP contribution is -2.34. The molecule has 0 radical (unpaired) electrons. The lowest BCUT2D eigenvalue weighted by Gasteiger charge is -2.17. The van der Waals surface area contributed by atoms with E-state index < -0.39 is 6.03 Å². The predicted octanol–water partition coefficient (Wildman–Crippen LogP) is 1.01. The number of fused-ring (bicyclic) bond motifs is 1. The largest absolute Gasteiger partial charge is 0.493 e. The van der Waals surface area contributed by atoms with E-state index in [2.05, 4.69) is 5.32 Å². The molecule has 0 aromatic heterocycles. The average molecular weight is 207 g/mol. The van der Waals surface area contributed by atoms with Crippen molar-refractivity contribution in [2.75, 3.05) is 11.9 Å². The Balaban J connectivity index is 2.17. The molecule has 0 bridgehead atoms. The Morgan fingerprint density at radius 1 is 1.47 bits per heavy atom. The summed E-state index contributed by atoms with van der Waals surface area (Å²) in [6, 6.07) is 5.13. The number of carbonyl (C=O) groups is 1. The molecule has 1 aromatic carbocycles. The van der Waals surface area contributed by atoms with Crippen molar-refractivity contribution in [1.82, 2.24) is 5.43 Å². The molecule has 1 aliphatic rings. The molecule has 2 rings (SSSR count). The number of aryl methyl sites for hydroxylation is 1. The van der Waals surface area contributed by atoms with Gasteiger partial charge in [-0.15, -0.1) is 0 Å². The van der Waals surface area contributed by atoms with Gasteiger partial charge in [0.25, 0.3) is 0 Å². The van der Waals surface area contributed by atoms with E-state index in [1.807, 2.05) is 17.6 Å². The van der Waals surface area contributed by atoms with Gasteiger partial charge in [0.05, 0.1) is 6.61 Å². The Hall–Kier alpha value is -1.75. The van der Waals surface area contributed by atoms with Crippen LogP contribution in [0.1, 0.15) is 12.0 Å². The summed E-state index contributed by atoms with van der Waals surface area (Å²) >= 11 is 0. The Kier molecular flexibility index (Phi) is 2.73. The van der Waals surface area contributed by atoms with Crippen molar-refractivity contribution in [2.45, 2.75) is 12.8 Å². The van der Waals surface area contributed by atoms with Gasteiger partial charge >= 0.3 is 6.03 Å². The highest BCUT2D eigenvalue weighted by atomic mass is 16.5. The van der Waals surface area contributed by atoms with Gasteiger partial charge in [-0.1, -0.05) is 0 Å². The number of benzene rings is 1. The van der Waals surface area contributed by atoms with Crippen LogP contribution < -0.4 is 21.3 Å². The van der Waals surface area contributed by atoms with Gasteiger partial charge in [-0.3, -0.25) is 5.43 Å². The third kappa shape index (κ3) is 2.19. The zero-order valence-corrected chi connectivity index (χ0v) is 8.25. The first-order valence-corrected chi connectivity index (χ1v) is 4.83. The molecule has 1 aliphatic heterocycles. The van der Waals surface area contributed by atoms with E-state index in [9.17, 15) is 4.79 Å². The van der Waals surface area contributed by atoms with Crippen LogP contribution in [-0.2, 0) is 6.42 Å². The molecule has 0 unspecified atom stereocenters. The fraction of sp³-hybridized carbons (Fsp3) is 0.300. The molecule has 0 saturated heterocycles. The molecule has 0 saturated carbocycles. The van der Waals surface area contributed by atoms with Crippen LogP contribution in [0.3, 0.4) is 0 Å². The Bertz CT molecular complexity index is 379. The van der Waals surface area contributed by atoms with Gasteiger partial charge in [0, 0.05) is 5.69 Å². The van der Waals surface area contributed by atoms with E-state index >= 15 is 0 Å². The molecule has 15 heavy (non-hydrogen) atoms. The second kappa shape index (κ2) is 4.18. The number of hydrogen-bond donors (Lipinski definition) is 3. The normalized spacial score (nSPS) is 13.7. The maximum Gasteiger partial charge on any atom is 0.333 e. The lowest BCUT2D eigenvalue weighted by molar-refractivity contribution is 0.252. The van der Waals surface area contributed by atoms with Gasteiger partial charge in [0.1, 0.15) is 5.75 Å². The fourth-order valence-corrected chi connectivity index (χ4v) is 1.61. The monoisotopic (exact) mass is 207 g/mol. The zero-order valence-electron chi connectivity index (χ0n) is 8.25. The number of amides is 2. The topological polar surface area (TPSA) is 76.4 Å². The molecule has 2 amide bonds. The summed E-state index contributed by atoms with van der Waals surface area (Å²) in [5.74, 6) is 5.87. The molecule has 0 atom stereocenters. The summed E-state index contributed by atoms with van der Waals surface area (Å²) in [6.07, 6.45) is 1.99. The molecule has 1 heterocycles. The van der Waals surface area contributed by atoms with Crippen LogP contribution in [0.2, 0.25) is 0 Å². The standard InChI is InChI=1S/C10H13N3O2/c11-13-10(14)12-8-3-4-9-7(6-8)2-1-5-15-9/h3-4,6H,1-2,5,11H2,(H2,12,13,14). The number of urea groups is 1. The predicted molar refractivity (Wildman–Crippen MR) is 56.6 cm³/mol. The SMILES string of the molecule is NNC(=O)Nc1ccc2c(c1)CCCO2. The molecule has 0 fully saturated rings. The molecule has 0 spiro atoms. The van der Waals surface area contributed by atoms with Crippen LogP contribution >= 0.6 is 0 Å². The van der Waals surface area contributed by atoms with Crippen LogP contribution in [-0.4, -0.2) is 12.6 Å². The van der Waals surface area contributed by atoms with Gasteiger partial charge in [-0.05, 0) is 36.6 Å². The fourth-order valence-electron chi connectivity index (χ4n) is 1.61. The number of hydrogen-bond acceptors (Lipinski definition) is 3. The quantitative estimate of drug-likeness (QED) is 0.365. The summed E-state index contributed by atoms with van der Waals surface area (Å²) in [7, 11) is 0. The van der Waals surface area contributed by atoms with E-state index in [0.717, 1.165) is 36.4 Å². The number of ether oxygens (including phenoxy) is 1. The average Bonchev–Trinajstić information content (AvgIpc) is 2.29. The third-order valence-corrected chi connectivity index (χ3v) is 2.30. The minimum absolute atomic E-state index is 0.424. The van der Waals surface area contributed by atoms with Crippen molar-refractivity contribution in [2.24, 2.45) is 5.84 Å².